The van der Waals surface area contributed by atoms with Gasteiger partial charge < -0.3 is 9.80 Å². The number of aryl methyl sites for hydroxylation is 2. The van der Waals surface area contributed by atoms with E-state index in [1.807, 2.05) is 38.1 Å². The van der Waals surface area contributed by atoms with Crippen LogP contribution in [0.25, 0.3) is 10.9 Å². The largest absolute Gasteiger partial charge is 0.338 e. The lowest BCUT2D eigenvalue weighted by atomic mass is 10.0. The number of rotatable bonds is 3. The van der Waals surface area contributed by atoms with Crippen LogP contribution in [0, 0.1) is 13.8 Å². The van der Waals surface area contributed by atoms with Gasteiger partial charge in [0.05, 0.1) is 11.1 Å². The fourth-order valence-electron chi connectivity index (χ4n) is 4.01. The molecule has 0 spiro atoms. The lowest BCUT2D eigenvalue weighted by Crippen LogP contribution is -2.53. The van der Waals surface area contributed by atoms with Crippen LogP contribution in [0.2, 0.25) is 0 Å². The Morgan fingerprint density at radius 2 is 1.57 bits per heavy atom. The van der Waals surface area contributed by atoms with Crippen LogP contribution in [0.4, 0.5) is 0 Å². The second-order valence-corrected chi connectivity index (χ2v) is 7.88. The number of pyridine rings is 1. The monoisotopic (exact) mass is 408 g/mol. The predicted molar refractivity (Wildman–Crippen MR) is 110 cm³/mol. The van der Waals surface area contributed by atoms with Crippen molar-refractivity contribution in [1.82, 2.24) is 19.7 Å². The molecule has 4 amide bonds. The maximum absolute atomic E-state index is 13.2. The van der Waals surface area contributed by atoms with Crippen LogP contribution in [0.15, 0.2) is 24.3 Å². The van der Waals surface area contributed by atoms with E-state index in [4.69, 9.17) is 0 Å². The molecule has 8 nitrogen and oxygen atoms in total. The minimum absolute atomic E-state index is 0.0758. The zero-order valence-electron chi connectivity index (χ0n) is 17.2. The summed E-state index contributed by atoms with van der Waals surface area (Å²) in [7, 11) is 0. The van der Waals surface area contributed by atoms with Crippen molar-refractivity contribution in [3.63, 3.8) is 0 Å². The topological polar surface area (TPSA) is 90.9 Å². The smallest absolute Gasteiger partial charge is 0.254 e. The van der Waals surface area contributed by atoms with Crippen LogP contribution in [0.5, 0.6) is 0 Å². The Balaban J connectivity index is 1.44. The summed E-state index contributed by atoms with van der Waals surface area (Å²) < 4.78 is 0. The summed E-state index contributed by atoms with van der Waals surface area (Å²) in [6.07, 6.45) is 0.348. The predicted octanol–water partition coefficient (Wildman–Crippen LogP) is 1.29. The van der Waals surface area contributed by atoms with Crippen molar-refractivity contribution in [2.75, 3.05) is 32.7 Å². The molecular weight excluding hydrogens is 384 g/mol. The molecule has 2 aliphatic rings. The van der Waals surface area contributed by atoms with E-state index in [1.54, 1.807) is 9.80 Å². The Labute approximate surface area is 174 Å². The molecule has 0 radical (unpaired) electrons. The number of likely N-dealkylation sites (tertiary alicyclic amines) is 1. The highest BCUT2D eigenvalue weighted by Gasteiger charge is 2.33. The second-order valence-electron chi connectivity index (χ2n) is 7.88. The molecule has 2 aromatic rings. The van der Waals surface area contributed by atoms with E-state index in [2.05, 4.69) is 4.98 Å². The minimum atomic E-state index is -0.294. The third kappa shape index (κ3) is 3.77. The lowest BCUT2D eigenvalue weighted by Gasteiger charge is -2.35. The fraction of sp³-hybridized carbons (Fsp3) is 0.409. The van der Waals surface area contributed by atoms with Gasteiger partial charge in [-0.1, -0.05) is 11.6 Å². The molecule has 1 aromatic carbocycles. The summed E-state index contributed by atoms with van der Waals surface area (Å²) in [6.45, 7) is 5.20. The molecule has 0 N–H and O–H groups in total. The van der Waals surface area contributed by atoms with E-state index in [-0.39, 0.29) is 43.0 Å². The summed E-state index contributed by atoms with van der Waals surface area (Å²) in [5.74, 6) is -0.922. The minimum Gasteiger partial charge on any atom is -0.338 e. The van der Waals surface area contributed by atoms with E-state index < -0.39 is 0 Å². The van der Waals surface area contributed by atoms with Gasteiger partial charge in [0.15, 0.2) is 0 Å². The average Bonchev–Trinajstić information content (AvgIpc) is 3.05. The summed E-state index contributed by atoms with van der Waals surface area (Å²) in [5.41, 5.74) is 3.25. The maximum Gasteiger partial charge on any atom is 0.254 e. The summed E-state index contributed by atoms with van der Waals surface area (Å²) in [6, 6.07) is 7.68. The van der Waals surface area contributed by atoms with Gasteiger partial charge in [-0.3, -0.25) is 29.1 Å². The first kappa shape index (κ1) is 20.0. The Kier molecular flexibility index (Phi) is 5.24. The fourth-order valence-corrected chi connectivity index (χ4v) is 4.01. The second kappa shape index (κ2) is 7.85. The number of imide groups is 1. The van der Waals surface area contributed by atoms with Gasteiger partial charge in [0.1, 0.15) is 6.54 Å². The highest BCUT2D eigenvalue weighted by molar-refractivity contribution is 6.07. The first-order valence-corrected chi connectivity index (χ1v) is 10.1. The highest BCUT2D eigenvalue weighted by atomic mass is 16.2. The SMILES string of the molecule is Cc1ccc2nc(C)cc(C(=O)N3CCN(C(=O)CN4C(=O)CCC4=O)CC3)c2c1. The van der Waals surface area contributed by atoms with Crippen LogP contribution in [0.3, 0.4) is 0 Å². The first-order valence-electron chi connectivity index (χ1n) is 10.1. The van der Waals surface area contributed by atoms with Gasteiger partial charge in [-0.25, -0.2) is 0 Å². The quantitative estimate of drug-likeness (QED) is 0.714. The number of aromatic nitrogens is 1. The van der Waals surface area contributed by atoms with E-state index >= 15 is 0 Å². The molecular formula is C22H24N4O4. The number of benzene rings is 1. The molecule has 2 aliphatic heterocycles. The van der Waals surface area contributed by atoms with E-state index in [0.717, 1.165) is 27.1 Å². The van der Waals surface area contributed by atoms with Gasteiger partial charge in [-0.2, -0.15) is 0 Å². The Hall–Kier alpha value is -3.29. The first-order chi connectivity index (χ1) is 14.3. The van der Waals surface area contributed by atoms with Crippen molar-refractivity contribution >= 4 is 34.5 Å². The molecule has 2 fully saturated rings. The highest BCUT2D eigenvalue weighted by Crippen LogP contribution is 2.22. The van der Waals surface area contributed by atoms with Crippen LogP contribution < -0.4 is 0 Å². The maximum atomic E-state index is 13.2. The molecule has 0 bridgehead atoms. The van der Waals surface area contributed by atoms with Crippen molar-refractivity contribution in [1.29, 1.82) is 0 Å². The van der Waals surface area contributed by atoms with Crippen molar-refractivity contribution in [3.05, 3.63) is 41.1 Å². The Bertz CT molecular complexity index is 1040. The average molecular weight is 408 g/mol. The van der Waals surface area contributed by atoms with Crippen LogP contribution in [0.1, 0.15) is 34.5 Å². The number of carbonyl (C=O) groups excluding carboxylic acids is 4. The third-order valence-corrected chi connectivity index (χ3v) is 5.69. The van der Waals surface area contributed by atoms with Gasteiger partial charge in [-0.15, -0.1) is 0 Å². The van der Waals surface area contributed by atoms with Gasteiger partial charge in [0.2, 0.25) is 17.7 Å². The molecule has 2 saturated heterocycles. The molecule has 0 unspecified atom stereocenters. The molecule has 0 aliphatic carbocycles. The molecule has 8 heteroatoms. The zero-order valence-corrected chi connectivity index (χ0v) is 17.2. The number of carbonyl (C=O) groups is 4. The van der Waals surface area contributed by atoms with Crippen LogP contribution in [-0.4, -0.2) is 76.0 Å². The van der Waals surface area contributed by atoms with E-state index in [1.165, 1.54) is 0 Å². The van der Waals surface area contributed by atoms with Gasteiger partial charge >= 0.3 is 0 Å². The van der Waals surface area contributed by atoms with Crippen molar-refractivity contribution in [3.8, 4) is 0 Å². The molecule has 4 rings (SSSR count). The standard InChI is InChI=1S/C22H24N4O4/c1-14-3-4-18-16(11-14)17(12-15(2)23-18)22(30)25-9-7-24(8-10-25)21(29)13-26-19(27)5-6-20(26)28/h3-4,11-12H,5-10,13H2,1-2H3. The summed E-state index contributed by atoms with van der Waals surface area (Å²) in [4.78, 5) is 58.1. The van der Waals surface area contributed by atoms with Gasteiger partial charge in [-0.05, 0) is 32.0 Å². The van der Waals surface area contributed by atoms with Crippen molar-refractivity contribution in [2.45, 2.75) is 26.7 Å². The summed E-state index contributed by atoms with van der Waals surface area (Å²) in [5, 5.41) is 0.829. The number of fused-ring (bicyclic) bond motifs is 1. The molecule has 156 valence electrons. The number of piperazine rings is 1. The lowest BCUT2D eigenvalue weighted by molar-refractivity contribution is -0.146. The number of nitrogens with zero attached hydrogens (tertiary/aromatic N) is 4. The molecule has 3 heterocycles. The Morgan fingerprint density at radius 1 is 0.933 bits per heavy atom. The van der Waals surface area contributed by atoms with E-state index in [9.17, 15) is 19.2 Å². The normalized spacial score (nSPS) is 17.2. The van der Waals surface area contributed by atoms with Gasteiger partial charge in [0, 0.05) is 50.1 Å². The number of hydrogen-bond donors (Lipinski definition) is 0. The van der Waals surface area contributed by atoms with Crippen LogP contribution >= 0.6 is 0 Å². The van der Waals surface area contributed by atoms with Gasteiger partial charge in [0.25, 0.3) is 5.91 Å². The molecule has 0 atom stereocenters. The molecule has 1 aromatic heterocycles. The number of hydrogen-bond acceptors (Lipinski definition) is 5. The summed E-state index contributed by atoms with van der Waals surface area (Å²) >= 11 is 0. The van der Waals surface area contributed by atoms with Crippen molar-refractivity contribution in [2.24, 2.45) is 0 Å². The Morgan fingerprint density at radius 3 is 2.23 bits per heavy atom. The third-order valence-electron chi connectivity index (χ3n) is 5.69. The number of amides is 4. The van der Waals surface area contributed by atoms with Crippen LogP contribution in [-0.2, 0) is 14.4 Å². The molecule has 30 heavy (non-hydrogen) atoms. The molecule has 0 saturated carbocycles. The van der Waals surface area contributed by atoms with Crippen molar-refractivity contribution < 1.29 is 19.2 Å². The zero-order chi connectivity index (χ0) is 21.4. The van der Waals surface area contributed by atoms with E-state index in [0.29, 0.717) is 31.7 Å².